The summed E-state index contributed by atoms with van der Waals surface area (Å²) in [5.74, 6) is 1.52. The first kappa shape index (κ1) is 18.4. The van der Waals surface area contributed by atoms with Gasteiger partial charge in [-0.15, -0.1) is 0 Å². The normalized spacial score (nSPS) is 19.1. The molecule has 1 aromatic carbocycles. The van der Waals surface area contributed by atoms with E-state index in [0.717, 1.165) is 30.3 Å². The van der Waals surface area contributed by atoms with Crippen LogP contribution in [0, 0.1) is 0 Å². The van der Waals surface area contributed by atoms with Gasteiger partial charge in [0.25, 0.3) is 0 Å². The molecular weight excluding hydrogens is 354 g/mol. The topological polar surface area (TPSA) is 80.1 Å². The van der Waals surface area contributed by atoms with Crippen LogP contribution in [0.4, 0.5) is 11.8 Å². The Morgan fingerprint density at radius 1 is 1.14 bits per heavy atom. The molecule has 1 saturated heterocycles. The zero-order valence-corrected chi connectivity index (χ0v) is 16.1. The Hall–Kier alpha value is -2.97. The summed E-state index contributed by atoms with van der Waals surface area (Å²) < 4.78 is 7.60. The highest BCUT2D eigenvalue weighted by Gasteiger charge is 2.33. The smallest absolute Gasteiger partial charge is 0.224 e. The summed E-state index contributed by atoms with van der Waals surface area (Å²) in [5, 5.41) is 11.2. The molecule has 2 aromatic heterocycles. The van der Waals surface area contributed by atoms with Crippen molar-refractivity contribution in [2.24, 2.45) is 0 Å². The lowest BCUT2D eigenvalue weighted by Gasteiger charge is -2.18. The maximum Gasteiger partial charge on any atom is 0.224 e. The van der Waals surface area contributed by atoms with Crippen LogP contribution in [0.2, 0.25) is 0 Å². The second kappa shape index (κ2) is 8.37. The standard InChI is InChI=1S/C20H25N7O/c1-21-20-22-10-8-19(24-20)26-13-17(18(14-26)28-2)23-12-15-9-11-27(25-15)16-6-4-3-5-7-16/h3-11,17-18,23H,12-14H2,1-2H3,(H,21,22,24)/t17-,18+/m1/s1. The Kier molecular flexibility index (Phi) is 5.50. The molecule has 0 radical (unpaired) electrons. The molecule has 8 nitrogen and oxygen atoms in total. The summed E-state index contributed by atoms with van der Waals surface area (Å²) in [4.78, 5) is 10.9. The molecule has 1 aliphatic rings. The van der Waals surface area contributed by atoms with Crippen molar-refractivity contribution in [1.29, 1.82) is 0 Å². The van der Waals surface area contributed by atoms with E-state index in [1.807, 2.05) is 60.4 Å². The summed E-state index contributed by atoms with van der Waals surface area (Å²) in [6, 6.07) is 14.3. The van der Waals surface area contributed by atoms with Gasteiger partial charge in [-0.25, -0.2) is 9.67 Å². The molecule has 0 bridgehead atoms. The molecule has 0 unspecified atom stereocenters. The molecule has 8 heteroatoms. The fourth-order valence-corrected chi connectivity index (χ4v) is 3.46. The molecule has 2 N–H and O–H groups in total. The van der Waals surface area contributed by atoms with Gasteiger partial charge in [0.15, 0.2) is 0 Å². The molecular formula is C20H25N7O. The van der Waals surface area contributed by atoms with Crippen molar-refractivity contribution in [2.45, 2.75) is 18.7 Å². The second-order valence-electron chi connectivity index (χ2n) is 6.74. The number of hydrogen-bond donors (Lipinski definition) is 2. The molecule has 0 saturated carbocycles. The van der Waals surface area contributed by atoms with Gasteiger partial charge in [0.05, 0.1) is 23.5 Å². The van der Waals surface area contributed by atoms with Crippen LogP contribution < -0.4 is 15.5 Å². The van der Waals surface area contributed by atoms with Crippen molar-refractivity contribution in [3.05, 3.63) is 60.6 Å². The van der Waals surface area contributed by atoms with Gasteiger partial charge in [0.1, 0.15) is 5.82 Å². The summed E-state index contributed by atoms with van der Waals surface area (Å²) in [6.07, 6.45) is 3.85. The van der Waals surface area contributed by atoms with E-state index in [-0.39, 0.29) is 12.1 Å². The first-order valence-corrected chi connectivity index (χ1v) is 9.38. The van der Waals surface area contributed by atoms with Crippen molar-refractivity contribution in [2.75, 3.05) is 37.5 Å². The van der Waals surface area contributed by atoms with E-state index in [1.165, 1.54) is 0 Å². The fraction of sp³-hybridized carbons (Fsp3) is 0.350. The summed E-state index contributed by atoms with van der Waals surface area (Å²) >= 11 is 0. The number of methoxy groups -OCH3 is 1. The van der Waals surface area contributed by atoms with Gasteiger partial charge in [-0.2, -0.15) is 10.1 Å². The van der Waals surface area contributed by atoms with Crippen LogP contribution in [0.5, 0.6) is 0 Å². The third-order valence-electron chi connectivity index (χ3n) is 4.97. The molecule has 28 heavy (non-hydrogen) atoms. The fourth-order valence-electron chi connectivity index (χ4n) is 3.46. The minimum atomic E-state index is 0.0872. The second-order valence-corrected chi connectivity index (χ2v) is 6.74. The highest BCUT2D eigenvalue weighted by atomic mass is 16.5. The minimum Gasteiger partial charge on any atom is -0.378 e. The van der Waals surface area contributed by atoms with E-state index >= 15 is 0 Å². The molecule has 1 fully saturated rings. The van der Waals surface area contributed by atoms with Crippen LogP contribution in [0.15, 0.2) is 54.9 Å². The molecule has 146 valence electrons. The van der Waals surface area contributed by atoms with Crippen LogP contribution in [0.25, 0.3) is 5.69 Å². The van der Waals surface area contributed by atoms with Gasteiger partial charge in [-0.1, -0.05) is 18.2 Å². The summed E-state index contributed by atoms with van der Waals surface area (Å²) in [7, 11) is 3.58. The maximum absolute atomic E-state index is 5.71. The predicted molar refractivity (Wildman–Crippen MR) is 109 cm³/mol. The Labute approximate surface area is 164 Å². The average Bonchev–Trinajstić information content (AvgIpc) is 3.40. The molecule has 3 heterocycles. The summed E-state index contributed by atoms with van der Waals surface area (Å²) in [5.41, 5.74) is 2.05. The molecule has 4 rings (SSSR count). The lowest BCUT2D eigenvalue weighted by molar-refractivity contribution is 0.0965. The Bertz CT molecular complexity index is 898. The number of para-hydroxylation sites is 1. The number of rotatable bonds is 7. The number of hydrogen-bond acceptors (Lipinski definition) is 7. The largest absolute Gasteiger partial charge is 0.378 e. The lowest BCUT2D eigenvalue weighted by atomic mass is 10.2. The van der Waals surface area contributed by atoms with E-state index in [1.54, 1.807) is 13.3 Å². The van der Waals surface area contributed by atoms with Gasteiger partial charge in [-0.05, 0) is 24.3 Å². The van der Waals surface area contributed by atoms with Gasteiger partial charge >= 0.3 is 0 Å². The first-order chi connectivity index (χ1) is 13.8. The number of ether oxygens (including phenoxy) is 1. The van der Waals surface area contributed by atoms with Crippen LogP contribution in [-0.4, -0.2) is 59.1 Å². The monoisotopic (exact) mass is 379 g/mol. The van der Waals surface area contributed by atoms with E-state index in [2.05, 4.69) is 30.6 Å². The van der Waals surface area contributed by atoms with Crippen LogP contribution in [0.3, 0.4) is 0 Å². The van der Waals surface area contributed by atoms with E-state index in [4.69, 9.17) is 4.74 Å². The Balaban J connectivity index is 1.39. The van der Waals surface area contributed by atoms with Gasteiger partial charge < -0.3 is 20.3 Å². The first-order valence-electron chi connectivity index (χ1n) is 9.38. The SMILES string of the molecule is CNc1nccc(N2C[C@H](OC)[C@H](NCc3ccn(-c4ccccc4)n3)C2)n1. The summed E-state index contributed by atoms with van der Waals surface area (Å²) in [6.45, 7) is 2.29. The van der Waals surface area contributed by atoms with Gasteiger partial charge in [0, 0.05) is 46.2 Å². The van der Waals surface area contributed by atoms with E-state index in [9.17, 15) is 0 Å². The van der Waals surface area contributed by atoms with Crippen molar-refractivity contribution in [3.8, 4) is 5.69 Å². The third kappa shape index (κ3) is 3.97. The Morgan fingerprint density at radius 3 is 2.79 bits per heavy atom. The number of aromatic nitrogens is 4. The van der Waals surface area contributed by atoms with E-state index < -0.39 is 0 Å². The van der Waals surface area contributed by atoms with Crippen molar-refractivity contribution >= 4 is 11.8 Å². The van der Waals surface area contributed by atoms with Crippen LogP contribution in [0.1, 0.15) is 5.69 Å². The maximum atomic E-state index is 5.71. The molecule has 0 amide bonds. The zero-order chi connectivity index (χ0) is 19.3. The van der Waals surface area contributed by atoms with Crippen molar-refractivity contribution in [1.82, 2.24) is 25.1 Å². The molecule has 0 spiro atoms. The molecule has 0 aliphatic carbocycles. The minimum absolute atomic E-state index is 0.0872. The van der Waals surface area contributed by atoms with Crippen molar-refractivity contribution in [3.63, 3.8) is 0 Å². The number of nitrogens with zero attached hydrogens (tertiary/aromatic N) is 5. The zero-order valence-electron chi connectivity index (χ0n) is 16.1. The Morgan fingerprint density at radius 2 is 2.00 bits per heavy atom. The molecule has 2 atom stereocenters. The average molecular weight is 379 g/mol. The molecule has 1 aliphatic heterocycles. The van der Waals surface area contributed by atoms with Crippen LogP contribution in [-0.2, 0) is 11.3 Å². The highest BCUT2D eigenvalue weighted by Crippen LogP contribution is 2.21. The number of anilines is 2. The highest BCUT2D eigenvalue weighted by molar-refractivity contribution is 5.44. The lowest BCUT2D eigenvalue weighted by Crippen LogP contribution is -2.39. The number of benzene rings is 1. The van der Waals surface area contributed by atoms with Gasteiger partial charge in [0.2, 0.25) is 5.95 Å². The molecule has 3 aromatic rings. The quantitative estimate of drug-likeness (QED) is 0.647. The van der Waals surface area contributed by atoms with Gasteiger partial charge in [-0.3, -0.25) is 0 Å². The van der Waals surface area contributed by atoms with E-state index in [0.29, 0.717) is 12.5 Å². The predicted octanol–water partition coefficient (Wildman–Crippen LogP) is 1.70. The van der Waals surface area contributed by atoms with Crippen molar-refractivity contribution < 1.29 is 4.74 Å². The number of nitrogens with one attached hydrogen (secondary N) is 2. The third-order valence-corrected chi connectivity index (χ3v) is 4.97. The van der Waals surface area contributed by atoms with Crippen LogP contribution >= 0.6 is 0 Å².